The summed E-state index contributed by atoms with van der Waals surface area (Å²) < 4.78 is 38.5. The summed E-state index contributed by atoms with van der Waals surface area (Å²) in [6, 6.07) is 7.57. The average Bonchev–Trinajstić information content (AvgIpc) is 2.58. The predicted octanol–water partition coefficient (Wildman–Crippen LogP) is 2.26. The molecule has 0 fully saturated rings. The molecule has 0 atom stereocenters. The van der Waals surface area contributed by atoms with Crippen LogP contribution < -0.4 is 10.6 Å². The van der Waals surface area contributed by atoms with Gasteiger partial charge >= 0.3 is 6.18 Å². The normalized spacial score (nSPS) is 11.0. The van der Waals surface area contributed by atoms with Gasteiger partial charge in [-0.1, -0.05) is 12.1 Å². The van der Waals surface area contributed by atoms with Gasteiger partial charge in [0.25, 0.3) is 11.8 Å². The first-order chi connectivity index (χ1) is 11.4. The SMILES string of the molecule is O=C(NCCNC(=O)c1ccccc1C(F)(F)F)c1ccncc1. The van der Waals surface area contributed by atoms with Crippen molar-refractivity contribution in [3.8, 4) is 0 Å². The lowest BCUT2D eigenvalue weighted by molar-refractivity contribution is -0.137. The van der Waals surface area contributed by atoms with Gasteiger partial charge < -0.3 is 10.6 Å². The predicted molar refractivity (Wildman–Crippen MR) is 80.3 cm³/mol. The number of amides is 2. The van der Waals surface area contributed by atoms with Crippen molar-refractivity contribution in [3.05, 3.63) is 65.5 Å². The van der Waals surface area contributed by atoms with Gasteiger partial charge in [0.2, 0.25) is 0 Å². The van der Waals surface area contributed by atoms with Crippen LogP contribution in [0.4, 0.5) is 13.2 Å². The molecular formula is C16H14F3N3O2. The smallest absolute Gasteiger partial charge is 0.350 e. The van der Waals surface area contributed by atoms with Crippen LogP contribution in [0.3, 0.4) is 0 Å². The fraction of sp³-hybridized carbons (Fsp3) is 0.188. The molecule has 0 unspecified atom stereocenters. The van der Waals surface area contributed by atoms with Gasteiger partial charge in [0.05, 0.1) is 11.1 Å². The zero-order valence-electron chi connectivity index (χ0n) is 12.4. The highest BCUT2D eigenvalue weighted by Gasteiger charge is 2.34. The number of hydrogen-bond acceptors (Lipinski definition) is 3. The van der Waals surface area contributed by atoms with Gasteiger partial charge in [0.1, 0.15) is 0 Å². The monoisotopic (exact) mass is 337 g/mol. The molecule has 5 nitrogen and oxygen atoms in total. The van der Waals surface area contributed by atoms with E-state index in [-0.39, 0.29) is 19.0 Å². The average molecular weight is 337 g/mol. The zero-order valence-corrected chi connectivity index (χ0v) is 12.4. The molecule has 1 aromatic carbocycles. The maximum absolute atomic E-state index is 12.8. The van der Waals surface area contributed by atoms with E-state index in [0.29, 0.717) is 5.56 Å². The highest BCUT2D eigenvalue weighted by Crippen LogP contribution is 2.31. The number of alkyl halides is 3. The second kappa shape index (κ2) is 7.58. The molecule has 0 aliphatic heterocycles. The topological polar surface area (TPSA) is 71.1 Å². The molecule has 2 N–H and O–H groups in total. The Morgan fingerprint density at radius 3 is 2.12 bits per heavy atom. The first-order valence-corrected chi connectivity index (χ1v) is 7.02. The van der Waals surface area contributed by atoms with Crippen LogP contribution in [-0.2, 0) is 6.18 Å². The Morgan fingerprint density at radius 2 is 1.50 bits per heavy atom. The molecule has 0 aliphatic carbocycles. The third-order valence-electron chi connectivity index (χ3n) is 3.12. The molecule has 2 rings (SSSR count). The minimum Gasteiger partial charge on any atom is -0.350 e. The van der Waals surface area contributed by atoms with Crippen LogP contribution in [0.15, 0.2) is 48.8 Å². The fourth-order valence-electron chi connectivity index (χ4n) is 1.98. The van der Waals surface area contributed by atoms with Crippen molar-refractivity contribution in [3.63, 3.8) is 0 Å². The van der Waals surface area contributed by atoms with Crippen molar-refractivity contribution in [2.75, 3.05) is 13.1 Å². The van der Waals surface area contributed by atoms with Gasteiger partial charge in [0.15, 0.2) is 0 Å². The van der Waals surface area contributed by atoms with Gasteiger partial charge in [-0.15, -0.1) is 0 Å². The van der Waals surface area contributed by atoms with E-state index in [0.717, 1.165) is 12.1 Å². The Kier molecular flexibility index (Phi) is 5.51. The van der Waals surface area contributed by atoms with E-state index in [4.69, 9.17) is 0 Å². The quantitative estimate of drug-likeness (QED) is 0.822. The summed E-state index contributed by atoms with van der Waals surface area (Å²) in [4.78, 5) is 27.4. The van der Waals surface area contributed by atoms with Crippen LogP contribution in [0.1, 0.15) is 26.3 Å². The number of carbonyl (C=O) groups excluding carboxylic acids is 2. The van der Waals surface area contributed by atoms with E-state index in [1.807, 2.05) is 0 Å². The third kappa shape index (κ3) is 4.55. The third-order valence-corrected chi connectivity index (χ3v) is 3.12. The highest BCUT2D eigenvalue weighted by molar-refractivity contribution is 5.96. The maximum Gasteiger partial charge on any atom is 0.417 e. The van der Waals surface area contributed by atoms with Crippen molar-refractivity contribution in [2.24, 2.45) is 0 Å². The second-order valence-corrected chi connectivity index (χ2v) is 4.79. The summed E-state index contributed by atoms with van der Waals surface area (Å²) in [6.45, 7) is 0.0862. The number of hydrogen-bond donors (Lipinski definition) is 2. The minimum absolute atomic E-state index is 0.00183. The lowest BCUT2D eigenvalue weighted by Crippen LogP contribution is -2.35. The van der Waals surface area contributed by atoms with E-state index in [2.05, 4.69) is 15.6 Å². The van der Waals surface area contributed by atoms with Crippen LogP contribution in [-0.4, -0.2) is 29.9 Å². The van der Waals surface area contributed by atoms with Crippen LogP contribution >= 0.6 is 0 Å². The Bertz CT molecular complexity index is 718. The van der Waals surface area contributed by atoms with Crippen molar-refractivity contribution >= 4 is 11.8 Å². The Labute approximate surface area is 135 Å². The molecule has 24 heavy (non-hydrogen) atoms. The lowest BCUT2D eigenvalue weighted by atomic mass is 10.1. The van der Waals surface area contributed by atoms with Gasteiger partial charge in [0, 0.05) is 31.0 Å². The van der Waals surface area contributed by atoms with Crippen LogP contribution in [0.5, 0.6) is 0 Å². The largest absolute Gasteiger partial charge is 0.417 e. The highest BCUT2D eigenvalue weighted by atomic mass is 19.4. The Balaban J connectivity index is 1.87. The number of rotatable bonds is 5. The summed E-state index contributed by atoms with van der Waals surface area (Å²) in [6.07, 6.45) is -1.68. The molecule has 0 saturated heterocycles. The zero-order chi connectivity index (χ0) is 17.6. The van der Waals surface area contributed by atoms with E-state index in [9.17, 15) is 22.8 Å². The van der Waals surface area contributed by atoms with Crippen molar-refractivity contribution in [2.45, 2.75) is 6.18 Å². The summed E-state index contributed by atoms with van der Waals surface area (Å²) in [7, 11) is 0. The van der Waals surface area contributed by atoms with Crippen LogP contribution in [0.25, 0.3) is 0 Å². The number of nitrogens with zero attached hydrogens (tertiary/aromatic N) is 1. The molecule has 1 aromatic heterocycles. The Morgan fingerprint density at radius 1 is 0.917 bits per heavy atom. The minimum atomic E-state index is -4.61. The standard InChI is InChI=1S/C16H14F3N3O2/c17-16(18,19)13-4-2-1-3-12(13)15(24)22-10-9-21-14(23)11-5-7-20-8-6-11/h1-8H,9-10H2,(H,21,23)(H,22,24). The molecule has 126 valence electrons. The first kappa shape index (κ1) is 17.5. The molecule has 8 heteroatoms. The van der Waals surface area contributed by atoms with Crippen molar-refractivity contribution in [1.29, 1.82) is 0 Å². The number of pyridine rings is 1. The van der Waals surface area contributed by atoms with Crippen LogP contribution in [0, 0.1) is 0 Å². The Hall–Kier alpha value is -2.90. The summed E-state index contributed by atoms with van der Waals surface area (Å²) >= 11 is 0. The second-order valence-electron chi connectivity index (χ2n) is 4.79. The number of aromatic nitrogens is 1. The fourth-order valence-corrected chi connectivity index (χ4v) is 1.98. The number of halogens is 3. The van der Waals surface area contributed by atoms with Gasteiger partial charge in [-0.25, -0.2) is 0 Å². The molecule has 2 aromatic rings. The lowest BCUT2D eigenvalue weighted by Gasteiger charge is -2.12. The van der Waals surface area contributed by atoms with Gasteiger partial charge in [-0.2, -0.15) is 13.2 Å². The maximum atomic E-state index is 12.8. The molecule has 2 amide bonds. The molecule has 0 spiro atoms. The van der Waals surface area contributed by atoms with Gasteiger partial charge in [-0.05, 0) is 24.3 Å². The molecular weight excluding hydrogens is 323 g/mol. The molecule has 0 saturated carbocycles. The van der Waals surface area contributed by atoms with Crippen LogP contribution in [0.2, 0.25) is 0 Å². The number of nitrogens with one attached hydrogen (secondary N) is 2. The number of carbonyl (C=O) groups is 2. The first-order valence-electron chi connectivity index (χ1n) is 7.02. The van der Waals surface area contributed by atoms with E-state index in [1.165, 1.54) is 36.7 Å². The number of benzene rings is 1. The van der Waals surface area contributed by atoms with Crippen molar-refractivity contribution in [1.82, 2.24) is 15.6 Å². The van der Waals surface area contributed by atoms with Gasteiger partial charge in [-0.3, -0.25) is 14.6 Å². The molecule has 1 heterocycles. The molecule has 0 aliphatic rings. The summed E-state index contributed by atoms with van der Waals surface area (Å²) in [5.41, 5.74) is -1.05. The molecule has 0 radical (unpaired) electrons. The van der Waals surface area contributed by atoms with E-state index >= 15 is 0 Å². The molecule has 0 bridgehead atoms. The van der Waals surface area contributed by atoms with E-state index < -0.39 is 23.2 Å². The summed E-state index contributed by atoms with van der Waals surface area (Å²) in [5, 5.41) is 4.90. The van der Waals surface area contributed by atoms with E-state index in [1.54, 1.807) is 0 Å². The van der Waals surface area contributed by atoms with Crippen molar-refractivity contribution < 1.29 is 22.8 Å². The summed E-state index contributed by atoms with van der Waals surface area (Å²) in [5.74, 6) is -1.21.